The molecule has 1 aromatic rings. The van der Waals surface area contributed by atoms with E-state index in [0.29, 0.717) is 0 Å². The summed E-state index contributed by atoms with van der Waals surface area (Å²) in [6.45, 7) is 0.870. The van der Waals surface area contributed by atoms with Gasteiger partial charge < -0.3 is 0 Å². The van der Waals surface area contributed by atoms with Crippen LogP contribution >= 0.6 is 0 Å². The maximum Gasteiger partial charge on any atom is 0.217 e. The molecule has 0 aromatic heterocycles. The summed E-state index contributed by atoms with van der Waals surface area (Å²) in [7, 11) is -0.990. The van der Waals surface area contributed by atoms with Gasteiger partial charge in [-0.15, -0.1) is 0 Å². The molecule has 0 spiro atoms. The Hall–Kier alpha value is -1.66. The SMILES string of the molecule is Cc1c(F)c(F)c(BC2(F)C=CC=C(F)C2)c(F)c1F. The minimum atomic E-state index is -2.42. The van der Waals surface area contributed by atoms with Crippen molar-refractivity contribution in [3.63, 3.8) is 0 Å². The average molecular weight is 290 g/mol. The van der Waals surface area contributed by atoms with Gasteiger partial charge in [0.2, 0.25) is 7.28 Å². The molecule has 0 N–H and O–H groups in total. The summed E-state index contributed by atoms with van der Waals surface area (Å²) in [5, 5.41) is 0. The molecule has 1 atom stereocenters. The molecule has 0 nitrogen and oxygen atoms in total. The first kappa shape index (κ1) is 14.7. The fourth-order valence-electron chi connectivity index (χ4n) is 2.08. The van der Waals surface area contributed by atoms with Crippen LogP contribution in [0.1, 0.15) is 12.0 Å². The van der Waals surface area contributed by atoms with Gasteiger partial charge in [-0.05, 0) is 18.5 Å². The standard InChI is InChI=1S/C13H9BF6/c1-6-9(16)11(18)8(12(19)10(6)17)14-13(20)4-2-3-7(15)5-13/h2-4,14H,5H2,1H3. The van der Waals surface area contributed by atoms with Crippen molar-refractivity contribution in [3.8, 4) is 0 Å². The Labute approximate surface area is 112 Å². The monoisotopic (exact) mass is 290 g/mol. The molecule has 0 amide bonds. The van der Waals surface area contributed by atoms with Gasteiger partial charge in [-0.3, -0.25) is 0 Å². The molecule has 0 bridgehead atoms. The molecule has 1 unspecified atom stereocenters. The molecule has 7 heteroatoms. The maximum atomic E-state index is 14.3. The van der Waals surface area contributed by atoms with Crippen molar-refractivity contribution >= 4 is 12.7 Å². The summed E-state index contributed by atoms with van der Waals surface area (Å²) in [6, 6.07) is 0. The zero-order valence-corrected chi connectivity index (χ0v) is 10.4. The number of allylic oxidation sites excluding steroid dienone is 4. The van der Waals surface area contributed by atoms with E-state index in [0.717, 1.165) is 25.2 Å². The topological polar surface area (TPSA) is 0 Å². The molecule has 1 aromatic carbocycles. The molecule has 0 radical (unpaired) electrons. The third-order valence-electron chi connectivity index (χ3n) is 3.18. The Morgan fingerprint density at radius 1 is 1.00 bits per heavy atom. The summed E-state index contributed by atoms with van der Waals surface area (Å²) in [6.07, 6.45) is 2.22. The lowest BCUT2D eigenvalue weighted by atomic mass is 9.54. The van der Waals surface area contributed by atoms with E-state index >= 15 is 0 Å². The first-order valence-electron chi connectivity index (χ1n) is 5.79. The average Bonchev–Trinajstić information content (AvgIpc) is 2.39. The predicted molar refractivity (Wildman–Crippen MR) is 64.6 cm³/mol. The van der Waals surface area contributed by atoms with Gasteiger partial charge in [0.05, 0.1) is 0 Å². The van der Waals surface area contributed by atoms with E-state index in [2.05, 4.69) is 0 Å². The highest BCUT2D eigenvalue weighted by atomic mass is 19.2. The third kappa shape index (κ3) is 2.49. The summed E-state index contributed by atoms with van der Waals surface area (Å²) < 4.78 is 81.4. The highest BCUT2D eigenvalue weighted by Gasteiger charge is 2.36. The molecule has 1 aliphatic carbocycles. The van der Waals surface area contributed by atoms with Gasteiger partial charge in [0.1, 0.15) is 11.4 Å². The fraction of sp³-hybridized carbons (Fsp3) is 0.231. The van der Waals surface area contributed by atoms with Crippen molar-refractivity contribution in [3.05, 3.63) is 52.9 Å². The first-order chi connectivity index (χ1) is 9.25. The van der Waals surface area contributed by atoms with Crippen LogP contribution in [0, 0.1) is 30.2 Å². The fourth-order valence-corrected chi connectivity index (χ4v) is 2.08. The Morgan fingerprint density at radius 2 is 1.55 bits per heavy atom. The van der Waals surface area contributed by atoms with E-state index < -0.39 is 59.4 Å². The van der Waals surface area contributed by atoms with Gasteiger partial charge in [-0.2, -0.15) is 0 Å². The van der Waals surface area contributed by atoms with Crippen LogP contribution in [0.25, 0.3) is 0 Å². The highest BCUT2D eigenvalue weighted by Crippen LogP contribution is 2.28. The third-order valence-corrected chi connectivity index (χ3v) is 3.18. The van der Waals surface area contributed by atoms with Gasteiger partial charge >= 0.3 is 0 Å². The van der Waals surface area contributed by atoms with Crippen molar-refractivity contribution < 1.29 is 26.3 Å². The van der Waals surface area contributed by atoms with Crippen LogP contribution in [0.2, 0.25) is 0 Å². The van der Waals surface area contributed by atoms with E-state index in [1.807, 2.05) is 0 Å². The van der Waals surface area contributed by atoms with Gasteiger partial charge in [0.15, 0.2) is 23.3 Å². The van der Waals surface area contributed by atoms with Crippen LogP contribution in [0.3, 0.4) is 0 Å². The van der Waals surface area contributed by atoms with Crippen molar-refractivity contribution in [2.45, 2.75) is 18.9 Å². The van der Waals surface area contributed by atoms with Crippen LogP contribution in [-0.2, 0) is 0 Å². The van der Waals surface area contributed by atoms with Crippen molar-refractivity contribution in [2.24, 2.45) is 0 Å². The molecular weight excluding hydrogens is 281 g/mol. The number of hydrogen-bond donors (Lipinski definition) is 0. The van der Waals surface area contributed by atoms with Gasteiger partial charge in [-0.1, -0.05) is 12.2 Å². The lowest BCUT2D eigenvalue weighted by molar-refractivity contribution is 0.315. The molecule has 20 heavy (non-hydrogen) atoms. The lowest BCUT2D eigenvalue weighted by Crippen LogP contribution is -2.42. The van der Waals surface area contributed by atoms with Crippen molar-refractivity contribution in [2.75, 3.05) is 0 Å². The van der Waals surface area contributed by atoms with E-state index in [4.69, 9.17) is 0 Å². The summed E-state index contributed by atoms with van der Waals surface area (Å²) in [5.74, 6) is -7.26. The number of alkyl halides is 1. The predicted octanol–water partition coefficient (Wildman–Crippen LogP) is 3.09. The number of benzene rings is 1. The Morgan fingerprint density at radius 3 is 2.05 bits per heavy atom. The normalized spacial score (nSPS) is 21.9. The van der Waals surface area contributed by atoms with Crippen molar-refractivity contribution in [1.29, 1.82) is 0 Å². The Bertz CT molecular complexity index is 593. The van der Waals surface area contributed by atoms with Crippen LogP contribution < -0.4 is 5.46 Å². The molecule has 0 aliphatic heterocycles. The molecule has 0 heterocycles. The van der Waals surface area contributed by atoms with Gasteiger partial charge in [-0.25, -0.2) is 26.3 Å². The quantitative estimate of drug-likeness (QED) is 0.446. The highest BCUT2D eigenvalue weighted by molar-refractivity contribution is 6.57. The van der Waals surface area contributed by atoms with E-state index in [-0.39, 0.29) is 0 Å². The zero-order chi connectivity index (χ0) is 15.1. The van der Waals surface area contributed by atoms with E-state index in [1.165, 1.54) is 0 Å². The second-order valence-electron chi connectivity index (χ2n) is 4.72. The number of halogens is 6. The molecular formula is C13H9BF6. The Kier molecular flexibility index (Phi) is 3.71. The summed E-state index contributed by atoms with van der Waals surface area (Å²) in [5.41, 5.74) is -4.30. The van der Waals surface area contributed by atoms with Crippen molar-refractivity contribution in [1.82, 2.24) is 0 Å². The smallest absolute Gasteiger partial charge is 0.217 e. The van der Waals surface area contributed by atoms with E-state index in [1.54, 1.807) is 0 Å². The summed E-state index contributed by atoms with van der Waals surface area (Å²) >= 11 is 0. The Balaban J connectivity index is 2.45. The second-order valence-corrected chi connectivity index (χ2v) is 4.72. The molecule has 0 fully saturated rings. The lowest BCUT2D eigenvalue weighted by Gasteiger charge is -2.23. The van der Waals surface area contributed by atoms with Gasteiger partial charge in [0.25, 0.3) is 0 Å². The zero-order valence-electron chi connectivity index (χ0n) is 10.4. The van der Waals surface area contributed by atoms with Crippen LogP contribution in [0.15, 0.2) is 24.1 Å². The number of rotatable bonds is 2. The minimum absolute atomic E-state index is 0.737. The van der Waals surface area contributed by atoms with E-state index in [9.17, 15) is 26.3 Å². The molecule has 0 saturated heterocycles. The minimum Gasteiger partial charge on any atom is -0.248 e. The molecule has 1 aliphatic rings. The largest absolute Gasteiger partial charge is 0.248 e. The molecule has 2 rings (SSSR count). The number of hydrogen-bond acceptors (Lipinski definition) is 0. The van der Waals surface area contributed by atoms with Crippen LogP contribution in [-0.4, -0.2) is 12.8 Å². The molecule has 0 saturated carbocycles. The first-order valence-corrected chi connectivity index (χ1v) is 5.79. The maximum absolute atomic E-state index is 14.3. The second kappa shape index (κ2) is 5.03. The van der Waals surface area contributed by atoms with Crippen LogP contribution in [0.5, 0.6) is 0 Å². The van der Waals surface area contributed by atoms with Crippen LogP contribution in [0.4, 0.5) is 26.3 Å². The summed E-state index contributed by atoms with van der Waals surface area (Å²) in [4.78, 5) is 0. The van der Waals surface area contributed by atoms with Gasteiger partial charge in [0, 0.05) is 12.0 Å². The molecule has 106 valence electrons.